The number of halogens is 1. The molecule has 0 bridgehead atoms. The molecule has 0 spiro atoms. The predicted octanol–water partition coefficient (Wildman–Crippen LogP) is 3.30. The summed E-state index contributed by atoms with van der Waals surface area (Å²) in [6.07, 6.45) is 4.72. The highest BCUT2D eigenvalue weighted by molar-refractivity contribution is 6.36. The fraction of sp³-hybridized carbons (Fsp3) is 0.444. The quantitative estimate of drug-likeness (QED) is 0.887. The minimum Gasteiger partial charge on any atom is -0.488 e. The first-order valence-corrected chi connectivity index (χ1v) is 8.89. The van der Waals surface area contributed by atoms with E-state index in [1.165, 1.54) is 12.6 Å². The van der Waals surface area contributed by atoms with E-state index in [2.05, 4.69) is 4.90 Å². The third-order valence-electron chi connectivity index (χ3n) is 5.06. The topological polar surface area (TPSA) is 71.8 Å². The van der Waals surface area contributed by atoms with Gasteiger partial charge >= 0.3 is 5.97 Å². The van der Waals surface area contributed by atoms with Crippen LogP contribution in [0.3, 0.4) is 0 Å². The fourth-order valence-corrected chi connectivity index (χ4v) is 4.05. The van der Waals surface area contributed by atoms with E-state index in [-0.39, 0.29) is 11.6 Å². The maximum atomic E-state index is 12.8. The molecule has 2 aliphatic heterocycles. The molecule has 25 heavy (non-hydrogen) atoms. The number of carboxylic acids is 1. The number of hydrogen-bond donors (Lipinski definition) is 1. The molecule has 1 atom stereocenters. The van der Waals surface area contributed by atoms with Crippen molar-refractivity contribution in [2.45, 2.75) is 32.2 Å². The van der Waals surface area contributed by atoms with Crippen LogP contribution in [0.2, 0.25) is 5.02 Å². The van der Waals surface area contributed by atoms with Gasteiger partial charge in [0.05, 0.1) is 22.6 Å². The normalized spacial score (nSPS) is 19.8. The van der Waals surface area contributed by atoms with Crippen molar-refractivity contribution >= 4 is 34.2 Å². The Hall–Kier alpha value is -2.21. The van der Waals surface area contributed by atoms with Crippen molar-refractivity contribution in [2.75, 3.05) is 24.6 Å². The number of anilines is 1. The van der Waals surface area contributed by atoms with Crippen LogP contribution in [0, 0.1) is 0 Å². The molecule has 6 nitrogen and oxygen atoms in total. The highest BCUT2D eigenvalue weighted by Crippen LogP contribution is 2.44. The highest BCUT2D eigenvalue weighted by Gasteiger charge is 2.28. The molecular weight excluding hydrogens is 344 g/mol. The van der Waals surface area contributed by atoms with E-state index in [0.717, 1.165) is 31.6 Å². The lowest BCUT2D eigenvalue weighted by Gasteiger charge is -2.33. The van der Waals surface area contributed by atoms with Crippen molar-refractivity contribution < 1.29 is 14.6 Å². The van der Waals surface area contributed by atoms with E-state index in [1.54, 1.807) is 10.6 Å². The van der Waals surface area contributed by atoms with Crippen molar-refractivity contribution in [1.82, 2.24) is 4.57 Å². The van der Waals surface area contributed by atoms with Crippen LogP contribution in [0.1, 0.15) is 42.6 Å². The maximum absolute atomic E-state index is 12.8. The minimum atomic E-state index is -1.22. The fourth-order valence-electron chi connectivity index (χ4n) is 3.73. The van der Waals surface area contributed by atoms with Crippen molar-refractivity contribution in [1.29, 1.82) is 0 Å². The van der Waals surface area contributed by atoms with Gasteiger partial charge in [0.1, 0.15) is 17.2 Å². The van der Waals surface area contributed by atoms with E-state index in [4.69, 9.17) is 16.3 Å². The van der Waals surface area contributed by atoms with Gasteiger partial charge in [0.2, 0.25) is 5.43 Å². The van der Waals surface area contributed by atoms with Gasteiger partial charge in [-0.25, -0.2) is 4.79 Å². The van der Waals surface area contributed by atoms with Crippen LogP contribution in [0.5, 0.6) is 5.75 Å². The molecule has 1 unspecified atom stereocenters. The Bertz CT molecular complexity index is 931. The molecular formula is C18H19ClN2O4. The molecule has 0 amide bonds. The summed E-state index contributed by atoms with van der Waals surface area (Å²) in [6, 6.07) is 1.66. The van der Waals surface area contributed by atoms with Crippen molar-refractivity contribution in [3.8, 4) is 5.75 Å². The number of rotatable bonds is 2. The molecule has 3 heterocycles. The van der Waals surface area contributed by atoms with Crippen LogP contribution < -0.4 is 15.1 Å². The Kier molecular flexibility index (Phi) is 3.87. The lowest BCUT2D eigenvalue weighted by molar-refractivity contribution is 0.0694. The number of pyridine rings is 1. The molecule has 7 heteroatoms. The van der Waals surface area contributed by atoms with Gasteiger partial charge in [0.25, 0.3) is 0 Å². The van der Waals surface area contributed by atoms with Crippen LogP contribution in [0.25, 0.3) is 10.9 Å². The lowest BCUT2D eigenvalue weighted by Crippen LogP contribution is -2.31. The van der Waals surface area contributed by atoms with Gasteiger partial charge in [-0.05, 0) is 32.3 Å². The molecule has 1 aromatic carbocycles. The molecule has 1 saturated heterocycles. The van der Waals surface area contributed by atoms with Crippen molar-refractivity contribution in [2.24, 2.45) is 0 Å². The number of piperidine rings is 1. The minimum absolute atomic E-state index is 0.0781. The summed E-state index contributed by atoms with van der Waals surface area (Å²) in [6.45, 7) is 4.04. The van der Waals surface area contributed by atoms with Crippen LogP contribution in [0.4, 0.5) is 5.69 Å². The van der Waals surface area contributed by atoms with E-state index >= 15 is 0 Å². The van der Waals surface area contributed by atoms with Crippen LogP contribution in [0.15, 0.2) is 17.1 Å². The summed E-state index contributed by atoms with van der Waals surface area (Å²) in [7, 11) is 0. The Morgan fingerprint density at radius 3 is 2.72 bits per heavy atom. The Morgan fingerprint density at radius 2 is 2.04 bits per heavy atom. The van der Waals surface area contributed by atoms with E-state index in [9.17, 15) is 14.7 Å². The predicted molar refractivity (Wildman–Crippen MR) is 96.4 cm³/mol. The lowest BCUT2D eigenvalue weighted by atomic mass is 10.0. The largest absolute Gasteiger partial charge is 0.488 e. The monoisotopic (exact) mass is 362 g/mol. The summed E-state index contributed by atoms with van der Waals surface area (Å²) in [5.74, 6) is -0.739. The van der Waals surface area contributed by atoms with Crippen LogP contribution in [-0.2, 0) is 0 Å². The van der Waals surface area contributed by atoms with Gasteiger partial charge in [0, 0.05) is 19.3 Å². The number of hydrogen-bond acceptors (Lipinski definition) is 4. The van der Waals surface area contributed by atoms with Gasteiger partial charge in [0.15, 0.2) is 5.75 Å². The Balaban J connectivity index is 2.05. The van der Waals surface area contributed by atoms with Gasteiger partial charge < -0.3 is 19.3 Å². The highest BCUT2D eigenvalue weighted by atomic mass is 35.5. The summed E-state index contributed by atoms with van der Waals surface area (Å²) < 4.78 is 7.66. The van der Waals surface area contributed by atoms with Crippen molar-refractivity contribution in [3.63, 3.8) is 0 Å². The molecule has 0 saturated carbocycles. The average molecular weight is 363 g/mol. The standard InChI is InChI=1S/C18H19ClN2O4/c1-10-9-25-17-14(19)13(20-5-3-2-4-6-20)7-11-15(17)21(10)8-12(16(11)22)18(23)24/h7-8,10H,2-6,9H2,1H3,(H,23,24). The molecule has 2 aliphatic rings. The number of carbonyl (C=O) groups is 1. The summed E-state index contributed by atoms with van der Waals surface area (Å²) in [5.41, 5.74) is 0.621. The van der Waals surface area contributed by atoms with E-state index < -0.39 is 11.4 Å². The number of benzene rings is 1. The molecule has 0 aliphatic carbocycles. The van der Waals surface area contributed by atoms with Gasteiger partial charge in [-0.3, -0.25) is 4.79 Å². The smallest absolute Gasteiger partial charge is 0.341 e. The molecule has 1 fully saturated rings. The van der Waals surface area contributed by atoms with Crippen LogP contribution >= 0.6 is 11.6 Å². The zero-order valence-corrected chi connectivity index (χ0v) is 14.7. The third kappa shape index (κ3) is 2.47. The molecule has 2 aromatic rings. The first-order valence-electron chi connectivity index (χ1n) is 8.51. The Morgan fingerprint density at radius 1 is 1.32 bits per heavy atom. The second-order valence-corrected chi connectivity index (χ2v) is 7.10. The van der Waals surface area contributed by atoms with Gasteiger partial charge in [-0.15, -0.1) is 0 Å². The number of nitrogens with zero attached hydrogens (tertiary/aromatic N) is 2. The molecule has 4 rings (SSSR count). The maximum Gasteiger partial charge on any atom is 0.341 e. The number of aromatic carboxylic acids is 1. The van der Waals surface area contributed by atoms with Gasteiger partial charge in [-0.2, -0.15) is 0 Å². The number of ether oxygens (including phenoxy) is 1. The first kappa shape index (κ1) is 16.3. The molecule has 1 aromatic heterocycles. The zero-order valence-electron chi connectivity index (χ0n) is 13.9. The van der Waals surface area contributed by atoms with Crippen molar-refractivity contribution in [3.05, 3.63) is 33.1 Å². The van der Waals surface area contributed by atoms with E-state index in [0.29, 0.717) is 28.3 Å². The second-order valence-electron chi connectivity index (χ2n) is 6.73. The Labute approximate surface area is 149 Å². The summed E-state index contributed by atoms with van der Waals surface area (Å²) in [4.78, 5) is 26.4. The first-order chi connectivity index (χ1) is 12.0. The van der Waals surface area contributed by atoms with Gasteiger partial charge in [-0.1, -0.05) is 11.6 Å². The zero-order chi connectivity index (χ0) is 17.7. The number of carboxylic acid groups (broad SMARTS) is 1. The molecule has 132 valence electrons. The molecule has 1 N–H and O–H groups in total. The average Bonchev–Trinajstić information content (AvgIpc) is 2.61. The summed E-state index contributed by atoms with van der Waals surface area (Å²) in [5, 5.41) is 10.3. The van der Waals surface area contributed by atoms with Crippen LogP contribution in [-0.4, -0.2) is 35.3 Å². The number of aromatic nitrogens is 1. The summed E-state index contributed by atoms with van der Waals surface area (Å²) >= 11 is 6.63. The SMILES string of the molecule is CC1COc2c(Cl)c(N3CCCCC3)cc3c(=O)c(C(=O)O)cn1c23. The molecule has 0 radical (unpaired) electrons. The third-order valence-corrected chi connectivity index (χ3v) is 5.43. The van der Waals surface area contributed by atoms with E-state index in [1.807, 2.05) is 6.92 Å². The second kappa shape index (κ2) is 5.95.